The molecule has 0 fully saturated rings. The molecule has 2 heterocycles. The monoisotopic (exact) mass is 282 g/mol. The van der Waals surface area contributed by atoms with Gasteiger partial charge in [0.2, 0.25) is 11.0 Å². The summed E-state index contributed by atoms with van der Waals surface area (Å²) in [6.45, 7) is 3.95. The molecule has 2 aromatic rings. The molecular weight excluding hydrogens is 272 g/mol. The Balaban J connectivity index is 2.32. The number of aromatic nitrogens is 4. The van der Waals surface area contributed by atoms with Gasteiger partial charge in [-0.15, -0.1) is 0 Å². The van der Waals surface area contributed by atoms with Gasteiger partial charge in [-0.2, -0.15) is 5.10 Å². The van der Waals surface area contributed by atoms with E-state index >= 15 is 0 Å². The van der Waals surface area contributed by atoms with E-state index in [2.05, 4.69) is 20.4 Å². The predicted octanol–water partition coefficient (Wildman–Crippen LogP) is 2.56. The molecule has 0 atom stereocenters. The fraction of sp³-hybridized carbons (Fsp3) is 0.300. The van der Waals surface area contributed by atoms with Gasteiger partial charge in [-0.25, -0.2) is 9.97 Å². The summed E-state index contributed by atoms with van der Waals surface area (Å²) in [5.41, 5.74) is -0.372. The minimum Gasteiger partial charge on any atom is -0.318 e. The zero-order chi connectivity index (χ0) is 14.0. The van der Waals surface area contributed by atoms with Gasteiger partial charge in [-0.1, -0.05) is 11.6 Å². The molecule has 0 amide bonds. The first-order chi connectivity index (χ1) is 8.99. The number of nitrogens with one attached hydrogen (secondary N) is 1. The van der Waals surface area contributed by atoms with Crippen LogP contribution in [-0.4, -0.2) is 24.7 Å². The van der Waals surface area contributed by atoms with Crippen LogP contribution in [0.2, 0.25) is 5.15 Å². The Labute approximate surface area is 113 Å². The van der Waals surface area contributed by atoms with Crippen LogP contribution >= 0.6 is 11.6 Å². The lowest BCUT2D eigenvalue weighted by Crippen LogP contribution is -2.04. The average Bonchev–Trinajstić information content (AvgIpc) is 2.77. The Morgan fingerprint density at radius 1 is 1.47 bits per heavy atom. The van der Waals surface area contributed by atoms with Crippen molar-refractivity contribution in [2.75, 3.05) is 5.32 Å². The molecule has 0 aliphatic heterocycles. The van der Waals surface area contributed by atoms with Crippen molar-refractivity contribution in [1.82, 2.24) is 19.7 Å². The van der Waals surface area contributed by atoms with Crippen molar-refractivity contribution in [3.05, 3.63) is 33.9 Å². The number of nitrogens with zero attached hydrogens (tertiary/aromatic N) is 5. The maximum atomic E-state index is 10.9. The molecule has 0 unspecified atom stereocenters. The fourth-order valence-electron chi connectivity index (χ4n) is 1.42. The molecule has 0 radical (unpaired) electrons. The molecule has 0 saturated carbocycles. The molecule has 8 nitrogen and oxygen atoms in total. The lowest BCUT2D eigenvalue weighted by Gasteiger charge is -2.05. The van der Waals surface area contributed by atoms with Crippen LogP contribution in [0.5, 0.6) is 0 Å². The largest absolute Gasteiger partial charge is 0.348 e. The summed E-state index contributed by atoms with van der Waals surface area (Å²) >= 11 is 5.69. The molecule has 0 saturated heterocycles. The Morgan fingerprint density at radius 3 is 2.79 bits per heavy atom. The maximum absolute atomic E-state index is 10.9. The lowest BCUT2D eigenvalue weighted by molar-refractivity contribution is -0.384. The molecule has 19 heavy (non-hydrogen) atoms. The second-order valence-electron chi connectivity index (χ2n) is 4.02. The SMILES string of the molecule is CC(C)n1ccc(Nc2ncnc(Cl)c2[N+](=O)[O-])n1. The molecule has 100 valence electrons. The number of hydrogen-bond donors (Lipinski definition) is 1. The standard InChI is InChI=1S/C10H11ClN6O2/c1-6(2)16-4-3-7(15-16)14-10-8(17(18)19)9(11)12-5-13-10/h3-6H,1-2H3,(H,12,13,14,15). The highest BCUT2D eigenvalue weighted by molar-refractivity contribution is 6.31. The van der Waals surface area contributed by atoms with Crippen LogP contribution in [-0.2, 0) is 0 Å². The zero-order valence-electron chi connectivity index (χ0n) is 10.2. The zero-order valence-corrected chi connectivity index (χ0v) is 11.0. The molecule has 9 heteroatoms. The van der Waals surface area contributed by atoms with E-state index in [0.29, 0.717) is 5.82 Å². The second kappa shape index (κ2) is 5.19. The van der Waals surface area contributed by atoms with Crippen molar-refractivity contribution in [1.29, 1.82) is 0 Å². The van der Waals surface area contributed by atoms with Crippen LogP contribution < -0.4 is 5.32 Å². The summed E-state index contributed by atoms with van der Waals surface area (Å²) in [5.74, 6) is 0.463. The first kappa shape index (κ1) is 13.2. The minimum absolute atomic E-state index is 0.0130. The molecule has 2 rings (SSSR count). The lowest BCUT2D eigenvalue weighted by atomic mass is 10.4. The van der Waals surface area contributed by atoms with Crippen molar-refractivity contribution in [3.8, 4) is 0 Å². The van der Waals surface area contributed by atoms with Crippen LogP contribution in [0, 0.1) is 10.1 Å². The number of anilines is 2. The third kappa shape index (κ3) is 2.79. The van der Waals surface area contributed by atoms with Gasteiger partial charge in [-0.3, -0.25) is 14.8 Å². The van der Waals surface area contributed by atoms with Gasteiger partial charge in [0.1, 0.15) is 6.33 Å². The van der Waals surface area contributed by atoms with E-state index in [1.807, 2.05) is 13.8 Å². The normalized spacial score (nSPS) is 10.7. The van der Waals surface area contributed by atoms with E-state index in [-0.39, 0.29) is 22.7 Å². The predicted molar refractivity (Wildman–Crippen MR) is 69.6 cm³/mol. The van der Waals surface area contributed by atoms with E-state index in [1.165, 1.54) is 0 Å². The highest BCUT2D eigenvalue weighted by Crippen LogP contribution is 2.30. The highest BCUT2D eigenvalue weighted by atomic mass is 35.5. The van der Waals surface area contributed by atoms with E-state index in [4.69, 9.17) is 11.6 Å². The number of rotatable bonds is 4. The van der Waals surface area contributed by atoms with E-state index < -0.39 is 4.92 Å². The molecule has 0 spiro atoms. The highest BCUT2D eigenvalue weighted by Gasteiger charge is 2.22. The Hall–Kier alpha value is -2.22. The van der Waals surface area contributed by atoms with Gasteiger partial charge in [0.25, 0.3) is 0 Å². The third-order valence-electron chi connectivity index (χ3n) is 2.34. The quantitative estimate of drug-likeness (QED) is 0.525. The maximum Gasteiger partial charge on any atom is 0.348 e. The van der Waals surface area contributed by atoms with Gasteiger partial charge in [0, 0.05) is 18.3 Å². The summed E-state index contributed by atoms with van der Waals surface area (Å²) in [6, 6.07) is 1.89. The summed E-state index contributed by atoms with van der Waals surface area (Å²) in [4.78, 5) is 17.7. The molecular formula is C10H11ClN6O2. The molecule has 2 aromatic heterocycles. The summed E-state index contributed by atoms with van der Waals surface area (Å²) in [7, 11) is 0. The van der Waals surface area contributed by atoms with Crippen LogP contribution in [0.3, 0.4) is 0 Å². The van der Waals surface area contributed by atoms with Gasteiger partial charge >= 0.3 is 5.69 Å². The minimum atomic E-state index is -0.635. The summed E-state index contributed by atoms with van der Waals surface area (Å²) < 4.78 is 1.72. The molecule has 0 bridgehead atoms. The first-order valence-electron chi connectivity index (χ1n) is 5.46. The smallest absolute Gasteiger partial charge is 0.318 e. The summed E-state index contributed by atoms with van der Waals surface area (Å²) in [6.07, 6.45) is 2.92. The molecule has 0 aromatic carbocycles. The van der Waals surface area contributed by atoms with Crippen LogP contribution in [0.4, 0.5) is 17.3 Å². The van der Waals surface area contributed by atoms with Crippen LogP contribution in [0.1, 0.15) is 19.9 Å². The fourth-order valence-corrected chi connectivity index (χ4v) is 1.63. The Bertz CT molecular complexity index is 612. The Kier molecular flexibility index (Phi) is 3.61. The summed E-state index contributed by atoms with van der Waals surface area (Å²) in [5, 5.41) is 17.7. The second-order valence-corrected chi connectivity index (χ2v) is 4.38. The van der Waals surface area contributed by atoms with E-state index in [1.54, 1.807) is 16.9 Å². The van der Waals surface area contributed by atoms with Crippen molar-refractivity contribution >= 4 is 28.9 Å². The van der Waals surface area contributed by atoms with E-state index in [9.17, 15) is 10.1 Å². The van der Waals surface area contributed by atoms with Gasteiger partial charge in [0.15, 0.2) is 5.82 Å². The van der Waals surface area contributed by atoms with Crippen molar-refractivity contribution in [2.45, 2.75) is 19.9 Å². The topological polar surface area (TPSA) is 98.8 Å². The van der Waals surface area contributed by atoms with Gasteiger partial charge in [0.05, 0.1) is 4.92 Å². The van der Waals surface area contributed by atoms with Gasteiger partial charge < -0.3 is 5.32 Å². The Morgan fingerprint density at radius 2 is 2.21 bits per heavy atom. The number of hydrogen-bond acceptors (Lipinski definition) is 6. The third-order valence-corrected chi connectivity index (χ3v) is 2.62. The van der Waals surface area contributed by atoms with Crippen molar-refractivity contribution in [2.24, 2.45) is 0 Å². The molecule has 1 N–H and O–H groups in total. The molecule has 0 aliphatic carbocycles. The number of halogens is 1. The van der Waals surface area contributed by atoms with Gasteiger partial charge in [-0.05, 0) is 13.8 Å². The van der Waals surface area contributed by atoms with Crippen LogP contribution in [0.25, 0.3) is 0 Å². The van der Waals surface area contributed by atoms with Crippen molar-refractivity contribution in [3.63, 3.8) is 0 Å². The van der Waals surface area contributed by atoms with E-state index in [0.717, 1.165) is 6.33 Å². The average molecular weight is 283 g/mol. The molecule has 0 aliphatic rings. The first-order valence-corrected chi connectivity index (χ1v) is 5.84. The number of nitro groups is 1. The van der Waals surface area contributed by atoms with Crippen LogP contribution in [0.15, 0.2) is 18.6 Å². The van der Waals surface area contributed by atoms with Crippen molar-refractivity contribution < 1.29 is 4.92 Å².